The summed E-state index contributed by atoms with van der Waals surface area (Å²) in [5, 5.41) is 0. The molecule has 3 N–H and O–H groups in total. The maximum absolute atomic E-state index is 12.8. The minimum Gasteiger partial charge on any atom is -0.334 e. The largest absolute Gasteiger partial charge is 0.334 e. The molecule has 3 nitrogen and oxygen atoms in total. The first-order valence-corrected chi connectivity index (χ1v) is 3.46. The zero-order valence-corrected chi connectivity index (χ0v) is 6.48. The number of halogens is 3. The van der Waals surface area contributed by atoms with Gasteiger partial charge in [0.15, 0.2) is 5.43 Å². The van der Waals surface area contributed by atoms with Crippen molar-refractivity contribution in [2.75, 3.05) is 0 Å². The third-order valence-corrected chi connectivity index (χ3v) is 1.52. The Kier molecular flexibility index (Phi) is 2.72. The summed E-state index contributed by atoms with van der Waals surface area (Å²) >= 11 is 0. The number of hydrogen-bond donors (Lipinski definition) is 2. The maximum atomic E-state index is 12.8. The lowest BCUT2D eigenvalue weighted by Crippen LogP contribution is -2.16. The molecule has 6 heteroatoms. The zero-order chi connectivity index (χ0) is 10.0. The Morgan fingerprint density at radius 3 is 2.54 bits per heavy atom. The lowest BCUT2D eigenvalue weighted by molar-refractivity contribution is 0.143. The van der Waals surface area contributed by atoms with Crippen LogP contribution in [0.25, 0.3) is 0 Å². The standard InChI is InChI=1S/C7H7F3N2O/c8-6(9)5-4(13)1-3(2-11)12-7(5)10/h1,6H,2,11H2,(H,12,13). The van der Waals surface area contributed by atoms with Gasteiger partial charge in [-0.05, 0) is 0 Å². The van der Waals surface area contributed by atoms with Crippen molar-refractivity contribution in [2.24, 2.45) is 5.73 Å². The number of nitrogens with one attached hydrogen (secondary N) is 1. The molecule has 1 rings (SSSR count). The number of alkyl halides is 2. The van der Waals surface area contributed by atoms with Crippen molar-refractivity contribution in [1.29, 1.82) is 0 Å². The molecule has 1 aromatic heterocycles. The molecule has 0 radical (unpaired) electrons. The van der Waals surface area contributed by atoms with Crippen LogP contribution in [0.3, 0.4) is 0 Å². The summed E-state index contributed by atoms with van der Waals surface area (Å²) in [7, 11) is 0. The lowest BCUT2D eigenvalue weighted by Gasteiger charge is -2.02. The van der Waals surface area contributed by atoms with E-state index in [1.165, 1.54) is 0 Å². The van der Waals surface area contributed by atoms with Gasteiger partial charge >= 0.3 is 0 Å². The second kappa shape index (κ2) is 3.61. The van der Waals surface area contributed by atoms with Gasteiger partial charge in [0.1, 0.15) is 5.56 Å². The third-order valence-electron chi connectivity index (χ3n) is 1.52. The summed E-state index contributed by atoms with van der Waals surface area (Å²) in [5.74, 6) is -1.32. The molecule has 0 saturated carbocycles. The molecule has 0 atom stereocenters. The van der Waals surface area contributed by atoms with E-state index in [2.05, 4.69) is 0 Å². The fourth-order valence-corrected chi connectivity index (χ4v) is 0.902. The molecule has 0 aliphatic rings. The van der Waals surface area contributed by atoms with E-state index in [1.54, 1.807) is 0 Å². The van der Waals surface area contributed by atoms with Crippen molar-refractivity contribution in [3.8, 4) is 0 Å². The Morgan fingerprint density at radius 2 is 2.15 bits per heavy atom. The lowest BCUT2D eigenvalue weighted by atomic mass is 10.2. The number of hydrogen-bond acceptors (Lipinski definition) is 2. The number of nitrogens with two attached hydrogens (primary N) is 1. The van der Waals surface area contributed by atoms with Gasteiger partial charge in [-0.1, -0.05) is 0 Å². The molecule has 0 saturated heterocycles. The number of aromatic nitrogens is 1. The van der Waals surface area contributed by atoms with E-state index in [0.29, 0.717) is 0 Å². The summed E-state index contributed by atoms with van der Waals surface area (Å²) < 4.78 is 36.8. The smallest absolute Gasteiger partial charge is 0.271 e. The summed E-state index contributed by atoms with van der Waals surface area (Å²) in [6.07, 6.45) is -3.12. The topological polar surface area (TPSA) is 58.9 Å². The number of rotatable bonds is 2. The van der Waals surface area contributed by atoms with Crippen molar-refractivity contribution in [2.45, 2.75) is 13.0 Å². The predicted molar refractivity (Wildman–Crippen MR) is 39.9 cm³/mol. The van der Waals surface area contributed by atoms with Gasteiger partial charge in [-0.3, -0.25) is 4.79 Å². The number of H-pyrrole nitrogens is 1. The molecular formula is C7H7F3N2O. The van der Waals surface area contributed by atoms with Crippen LogP contribution in [0.2, 0.25) is 0 Å². The Balaban J connectivity index is 3.32. The molecule has 0 fully saturated rings. The van der Waals surface area contributed by atoms with E-state index < -0.39 is 23.4 Å². The van der Waals surface area contributed by atoms with Gasteiger partial charge in [-0.25, -0.2) is 8.78 Å². The van der Waals surface area contributed by atoms with Gasteiger partial charge in [0.05, 0.1) is 0 Å². The molecule has 13 heavy (non-hydrogen) atoms. The zero-order valence-electron chi connectivity index (χ0n) is 6.48. The van der Waals surface area contributed by atoms with E-state index in [-0.39, 0.29) is 12.2 Å². The second-order valence-corrected chi connectivity index (χ2v) is 2.39. The van der Waals surface area contributed by atoms with Crippen LogP contribution in [0, 0.1) is 5.95 Å². The molecule has 0 aromatic carbocycles. The fraction of sp³-hybridized carbons (Fsp3) is 0.286. The molecule has 1 heterocycles. The van der Waals surface area contributed by atoms with Gasteiger partial charge in [0, 0.05) is 18.3 Å². The van der Waals surface area contributed by atoms with Gasteiger partial charge in [0.25, 0.3) is 6.43 Å². The minimum absolute atomic E-state index is 0.0897. The first-order valence-electron chi connectivity index (χ1n) is 3.46. The quantitative estimate of drug-likeness (QED) is 0.684. The van der Waals surface area contributed by atoms with E-state index in [1.807, 2.05) is 4.98 Å². The highest BCUT2D eigenvalue weighted by atomic mass is 19.3. The summed E-state index contributed by atoms with van der Waals surface area (Å²) in [5.41, 5.74) is 3.00. The SMILES string of the molecule is NCc1cc(=O)c(C(F)F)c(F)[nH]1. The highest BCUT2D eigenvalue weighted by molar-refractivity contribution is 5.17. The summed E-state index contributed by atoms with van der Waals surface area (Å²) in [6.45, 7) is -0.102. The Hall–Kier alpha value is -1.30. The monoisotopic (exact) mass is 192 g/mol. The molecule has 0 unspecified atom stereocenters. The predicted octanol–water partition coefficient (Wildman–Crippen LogP) is 0.910. The van der Waals surface area contributed by atoms with Crippen LogP contribution in [-0.4, -0.2) is 4.98 Å². The Morgan fingerprint density at radius 1 is 1.54 bits per heavy atom. The van der Waals surface area contributed by atoms with Crippen molar-refractivity contribution in [3.63, 3.8) is 0 Å². The normalized spacial score (nSPS) is 10.8. The average Bonchev–Trinajstić information content (AvgIpc) is 2.02. The molecule has 0 amide bonds. The molecule has 1 aromatic rings. The average molecular weight is 192 g/mol. The first-order chi connectivity index (χ1) is 6.06. The van der Waals surface area contributed by atoms with Gasteiger partial charge in [0.2, 0.25) is 5.95 Å². The van der Waals surface area contributed by atoms with Crippen LogP contribution in [0.15, 0.2) is 10.9 Å². The highest BCUT2D eigenvalue weighted by Crippen LogP contribution is 2.16. The molecule has 0 bridgehead atoms. The number of aromatic amines is 1. The first kappa shape index (κ1) is 9.79. The summed E-state index contributed by atoms with van der Waals surface area (Å²) in [6, 6.07) is 0.866. The van der Waals surface area contributed by atoms with Gasteiger partial charge in [-0.15, -0.1) is 0 Å². The molecule has 72 valence electrons. The van der Waals surface area contributed by atoms with E-state index in [0.717, 1.165) is 6.07 Å². The molecule has 0 spiro atoms. The van der Waals surface area contributed by atoms with Crippen LogP contribution in [0.4, 0.5) is 13.2 Å². The molecular weight excluding hydrogens is 185 g/mol. The fourth-order valence-electron chi connectivity index (χ4n) is 0.902. The second-order valence-electron chi connectivity index (χ2n) is 2.39. The van der Waals surface area contributed by atoms with Crippen LogP contribution < -0.4 is 11.2 Å². The van der Waals surface area contributed by atoms with E-state index in [9.17, 15) is 18.0 Å². The number of pyridine rings is 1. The van der Waals surface area contributed by atoms with Gasteiger partial charge in [-0.2, -0.15) is 4.39 Å². The van der Waals surface area contributed by atoms with Crippen LogP contribution >= 0.6 is 0 Å². The molecule has 0 aliphatic carbocycles. The Labute approximate surface area is 71.4 Å². The minimum atomic E-state index is -3.12. The van der Waals surface area contributed by atoms with Crippen molar-refractivity contribution >= 4 is 0 Å². The molecule has 0 aliphatic heterocycles. The van der Waals surface area contributed by atoms with Crippen LogP contribution in [0.1, 0.15) is 17.7 Å². The third kappa shape index (κ3) is 1.89. The Bertz CT molecular complexity index is 361. The van der Waals surface area contributed by atoms with Crippen LogP contribution in [-0.2, 0) is 6.54 Å². The van der Waals surface area contributed by atoms with Crippen molar-refractivity contribution < 1.29 is 13.2 Å². The van der Waals surface area contributed by atoms with Crippen LogP contribution in [0.5, 0.6) is 0 Å². The summed E-state index contributed by atoms with van der Waals surface area (Å²) in [4.78, 5) is 12.8. The van der Waals surface area contributed by atoms with E-state index >= 15 is 0 Å². The maximum Gasteiger partial charge on any atom is 0.271 e. The van der Waals surface area contributed by atoms with Crippen molar-refractivity contribution in [3.05, 3.63) is 33.5 Å². The van der Waals surface area contributed by atoms with Gasteiger partial charge < -0.3 is 10.7 Å². The van der Waals surface area contributed by atoms with E-state index in [4.69, 9.17) is 5.73 Å². The van der Waals surface area contributed by atoms with Crippen molar-refractivity contribution in [1.82, 2.24) is 4.98 Å². The highest BCUT2D eigenvalue weighted by Gasteiger charge is 2.18.